The maximum absolute atomic E-state index is 14.2. The van der Waals surface area contributed by atoms with E-state index in [1.54, 1.807) is 9.80 Å². The van der Waals surface area contributed by atoms with E-state index < -0.39 is 17.5 Å². The van der Waals surface area contributed by atoms with Gasteiger partial charge in [0.25, 0.3) is 0 Å². The maximum atomic E-state index is 14.2. The van der Waals surface area contributed by atoms with Gasteiger partial charge in [-0.05, 0) is 94.0 Å². The minimum atomic E-state index is -0.675. The minimum absolute atomic E-state index is 0.00769. The number of amides is 3. The van der Waals surface area contributed by atoms with Crippen LogP contribution >= 0.6 is 0 Å². The van der Waals surface area contributed by atoms with Gasteiger partial charge in [-0.25, -0.2) is 4.79 Å². The number of fused-ring (bicyclic) bond motifs is 1. The van der Waals surface area contributed by atoms with E-state index in [1.807, 2.05) is 53.1 Å². The number of benzene rings is 1. The number of nitrogens with one attached hydrogen (secondary N) is 1. The van der Waals surface area contributed by atoms with Gasteiger partial charge in [-0.2, -0.15) is 0 Å². The highest BCUT2D eigenvalue weighted by molar-refractivity contribution is 5.91. The molecule has 5 rings (SSSR count). The molecule has 10 nitrogen and oxygen atoms in total. The molecule has 1 aromatic rings. The van der Waals surface area contributed by atoms with Crippen LogP contribution in [0.3, 0.4) is 0 Å². The number of hydrogen-bond acceptors (Lipinski definition) is 7. The molecular weight excluding hydrogens is 606 g/mol. The average Bonchev–Trinajstić information content (AvgIpc) is 3.81. The second kappa shape index (κ2) is 15.3. The summed E-state index contributed by atoms with van der Waals surface area (Å²) in [5.41, 5.74) is 1.83. The van der Waals surface area contributed by atoms with Gasteiger partial charge in [-0.1, -0.05) is 65.3 Å². The fourth-order valence-electron chi connectivity index (χ4n) is 8.33. The molecule has 1 N–H and O–H groups in total. The van der Waals surface area contributed by atoms with Crippen LogP contribution in [0, 0.1) is 11.3 Å². The van der Waals surface area contributed by atoms with E-state index >= 15 is 0 Å². The lowest BCUT2D eigenvalue weighted by Crippen LogP contribution is -2.61. The molecule has 3 heterocycles. The van der Waals surface area contributed by atoms with Crippen LogP contribution in [0.15, 0.2) is 24.3 Å². The first-order valence-corrected chi connectivity index (χ1v) is 18.4. The molecular formula is C38H59N5O5. The van der Waals surface area contributed by atoms with Crippen molar-refractivity contribution in [3.63, 3.8) is 0 Å². The van der Waals surface area contributed by atoms with Crippen molar-refractivity contribution in [2.45, 2.75) is 129 Å². The topological polar surface area (TPSA) is 103 Å². The van der Waals surface area contributed by atoms with Crippen LogP contribution in [0.1, 0.15) is 103 Å². The summed E-state index contributed by atoms with van der Waals surface area (Å²) in [7, 11) is 3.82. The highest BCUT2D eigenvalue weighted by Gasteiger charge is 2.44. The second-order valence-corrected chi connectivity index (χ2v) is 16.1. The number of aryl methyl sites for hydroxylation is 1. The van der Waals surface area contributed by atoms with Gasteiger partial charge in [0.15, 0.2) is 0 Å². The fourth-order valence-corrected chi connectivity index (χ4v) is 8.33. The summed E-state index contributed by atoms with van der Waals surface area (Å²) in [6.07, 6.45) is 7.33. The van der Waals surface area contributed by atoms with Gasteiger partial charge in [0.1, 0.15) is 18.2 Å². The predicted molar refractivity (Wildman–Crippen MR) is 186 cm³/mol. The van der Waals surface area contributed by atoms with Crippen LogP contribution in [-0.2, 0) is 30.3 Å². The van der Waals surface area contributed by atoms with Gasteiger partial charge >= 0.3 is 5.97 Å². The normalized spacial score (nSPS) is 26.3. The molecule has 6 atom stereocenters. The fraction of sp³-hybridized carbons (Fsp3) is 0.737. The van der Waals surface area contributed by atoms with Gasteiger partial charge in [0.05, 0.1) is 12.1 Å². The van der Waals surface area contributed by atoms with Gasteiger partial charge in [0, 0.05) is 26.2 Å². The number of carbonyl (C=O) groups excluding carboxylic acids is 4. The largest absolute Gasteiger partial charge is 0.456 e. The zero-order valence-electron chi connectivity index (χ0n) is 30.4. The number of carbonyl (C=O) groups is 4. The van der Waals surface area contributed by atoms with Crippen molar-refractivity contribution < 1.29 is 23.9 Å². The zero-order valence-corrected chi connectivity index (χ0v) is 30.4. The van der Waals surface area contributed by atoms with Gasteiger partial charge in [0.2, 0.25) is 17.7 Å². The van der Waals surface area contributed by atoms with Crippen molar-refractivity contribution >= 4 is 23.7 Å². The van der Waals surface area contributed by atoms with Gasteiger partial charge in [-0.15, -0.1) is 0 Å². The predicted octanol–water partition coefficient (Wildman–Crippen LogP) is 4.17. The monoisotopic (exact) mass is 665 g/mol. The van der Waals surface area contributed by atoms with Crippen LogP contribution in [0.5, 0.6) is 0 Å². The van der Waals surface area contributed by atoms with Gasteiger partial charge < -0.3 is 19.9 Å². The van der Waals surface area contributed by atoms with Crippen LogP contribution < -0.4 is 5.32 Å². The SMILES string of the molecule is CC(C)[C@@H](CN1CCC[C@H]1C(=O)N1CCCC1C(=O)OC1CCc2ccccc21)N(C)C(=O)[C@@H](NC(=O)[C@H]1CCCCN1C)C(C)(C)C. The number of likely N-dealkylation sites (N-methyl/N-ethyl adjacent to an activating group) is 2. The highest BCUT2D eigenvalue weighted by Crippen LogP contribution is 2.35. The molecule has 1 aromatic carbocycles. The number of nitrogens with zero attached hydrogens (tertiary/aromatic N) is 4. The molecule has 0 radical (unpaired) electrons. The van der Waals surface area contributed by atoms with E-state index in [2.05, 4.69) is 35.0 Å². The lowest BCUT2D eigenvalue weighted by Gasteiger charge is -2.41. The van der Waals surface area contributed by atoms with E-state index in [0.29, 0.717) is 19.5 Å². The van der Waals surface area contributed by atoms with Crippen LogP contribution in [0.25, 0.3) is 0 Å². The van der Waals surface area contributed by atoms with Crippen molar-refractivity contribution in [2.75, 3.05) is 40.3 Å². The summed E-state index contributed by atoms with van der Waals surface area (Å²) in [5, 5.41) is 3.15. The number of rotatable bonds is 10. The Balaban J connectivity index is 1.24. The summed E-state index contributed by atoms with van der Waals surface area (Å²) in [6, 6.07) is 6.17. The molecule has 0 saturated carbocycles. The Morgan fingerprint density at radius 2 is 1.60 bits per heavy atom. The summed E-state index contributed by atoms with van der Waals surface area (Å²) >= 11 is 0. The number of piperidine rings is 1. The van der Waals surface area contributed by atoms with Crippen LogP contribution in [0.2, 0.25) is 0 Å². The molecule has 0 spiro atoms. The lowest BCUT2D eigenvalue weighted by molar-refractivity contribution is -0.159. The van der Waals surface area contributed by atoms with E-state index in [1.165, 1.54) is 5.56 Å². The first kappa shape index (κ1) is 36.3. The Morgan fingerprint density at radius 3 is 2.31 bits per heavy atom. The second-order valence-electron chi connectivity index (χ2n) is 16.1. The quantitative estimate of drug-likeness (QED) is 0.375. The third-order valence-corrected chi connectivity index (χ3v) is 11.3. The molecule has 266 valence electrons. The Morgan fingerprint density at radius 1 is 0.917 bits per heavy atom. The standard InChI is InChI=1S/C38H59N5O5/c1-25(2)31(41(7)36(46)33(38(3,4)5)39-34(44)28-16-10-11-21-40(28)6)24-42-22-12-17-29(42)35(45)43-23-13-18-30(43)37(47)48-32-20-19-26-14-8-9-15-27(26)32/h8-9,14-15,25,28-33H,10-13,16-24H2,1-7H3,(H,39,44)/t28-,29+,30?,31-,32?,33-/m1/s1. The molecule has 10 heteroatoms. The van der Waals surface area contributed by atoms with Crippen LogP contribution in [-0.4, -0.2) is 114 Å². The lowest BCUT2D eigenvalue weighted by atomic mass is 9.84. The molecule has 1 aliphatic carbocycles. The summed E-state index contributed by atoms with van der Waals surface area (Å²) in [5.74, 6) is -0.370. The third-order valence-electron chi connectivity index (χ3n) is 11.3. The molecule has 3 fully saturated rings. The summed E-state index contributed by atoms with van der Waals surface area (Å²) in [6.45, 7) is 13.0. The molecule has 0 aromatic heterocycles. The summed E-state index contributed by atoms with van der Waals surface area (Å²) < 4.78 is 6.04. The van der Waals surface area contributed by atoms with E-state index in [-0.39, 0.29) is 53.8 Å². The van der Waals surface area contributed by atoms with E-state index in [9.17, 15) is 19.2 Å². The number of ether oxygens (including phenoxy) is 1. The molecule has 2 unspecified atom stereocenters. The molecule has 4 aliphatic rings. The zero-order chi connectivity index (χ0) is 34.7. The smallest absolute Gasteiger partial charge is 0.329 e. The first-order valence-electron chi connectivity index (χ1n) is 18.4. The molecule has 0 bridgehead atoms. The van der Waals surface area contributed by atoms with Crippen molar-refractivity contribution in [3.8, 4) is 0 Å². The molecule has 48 heavy (non-hydrogen) atoms. The summed E-state index contributed by atoms with van der Waals surface area (Å²) in [4.78, 5) is 63.2. The highest BCUT2D eigenvalue weighted by atomic mass is 16.5. The third kappa shape index (κ3) is 7.91. The minimum Gasteiger partial charge on any atom is -0.456 e. The number of likely N-dealkylation sites (tertiary alicyclic amines) is 3. The Kier molecular flexibility index (Phi) is 11.6. The molecule has 3 saturated heterocycles. The molecule has 3 amide bonds. The van der Waals surface area contributed by atoms with Crippen molar-refractivity contribution in [1.82, 2.24) is 24.9 Å². The maximum Gasteiger partial charge on any atom is 0.329 e. The van der Waals surface area contributed by atoms with E-state index in [4.69, 9.17) is 4.74 Å². The average molecular weight is 666 g/mol. The van der Waals surface area contributed by atoms with Crippen molar-refractivity contribution in [3.05, 3.63) is 35.4 Å². The van der Waals surface area contributed by atoms with Crippen molar-refractivity contribution in [2.24, 2.45) is 11.3 Å². The van der Waals surface area contributed by atoms with Gasteiger partial charge in [-0.3, -0.25) is 24.2 Å². The molecule has 3 aliphatic heterocycles. The Bertz CT molecular complexity index is 1330. The Labute approximate surface area is 287 Å². The number of hydrogen-bond donors (Lipinski definition) is 1. The van der Waals surface area contributed by atoms with Crippen LogP contribution in [0.4, 0.5) is 0 Å². The van der Waals surface area contributed by atoms with Crippen molar-refractivity contribution in [1.29, 1.82) is 0 Å². The Hall–Kier alpha value is -2.98. The number of esters is 1. The first-order chi connectivity index (χ1) is 22.8. The van der Waals surface area contributed by atoms with E-state index in [0.717, 1.165) is 70.0 Å².